The molecule has 124 valence electrons. The molecule has 1 atom stereocenters. The second kappa shape index (κ2) is 6.31. The quantitative estimate of drug-likeness (QED) is 0.906. The van der Waals surface area contributed by atoms with Crippen molar-refractivity contribution >= 4 is 17.4 Å². The molecule has 0 saturated heterocycles. The summed E-state index contributed by atoms with van der Waals surface area (Å²) in [7, 11) is 1.50. The Kier molecular flexibility index (Phi) is 4.20. The van der Waals surface area contributed by atoms with Crippen molar-refractivity contribution < 1.29 is 14.3 Å². The van der Waals surface area contributed by atoms with Crippen molar-refractivity contribution in [1.29, 1.82) is 0 Å². The van der Waals surface area contributed by atoms with E-state index in [2.05, 4.69) is 10.3 Å². The van der Waals surface area contributed by atoms with Crippen molar-refractivity contribution in [2.45, 2.75) is 19.8 Å². The molecule has 24 heavy (non-hydrogen) atoms. The lowest BCUT2D eigenvalue weighted by Gasteiger charge is -2.20. The van der Waals surface area contributed by atoms with E-state index < -0.39 is 11.5 Å². The summed E-state index contributed by atoms with van der Waals surface area (Å²) in [6, 6.07) is 8.31. The SMILES string of the molecule is COc1ccccc1NC(=O)c1cc2c([nH]c1=O)CC(C)CC2=O. The van der Waals surface area contributed by atoms with E-state index >= 15 is 0 Å². The van der Waals surface area contributed by atoms with Gasteiger partial charge in [0.1, 0.15) is 11.3 Å². The van der Waals surface area contributed by atoms with Crippen molar-refractivity contribution in [1.82, 2.24) is 4.98 Å². The van der Waals surface area contributed by atoms with Crippen LogP contribution in [-0.4, -0.2) is 23.8 Å². The van der Waals surface area contributed by atoms with Crippen LogP contribution in [0.5, 0.6) is 5.75 Å². The van der Waals surface area contributed by atoms with E-state index in [1.165, 1.54) is 13.2 Å². The highest BCUT2D eigenvalue weighted by Crippen LogP contribution is 2.25. The summed E-state index contributed by atoms with van der Waals surface area (Å²) in [6.07, 6.45) is 1.05. The predicted molar refractivity (Wildman–Crippen MR) is 89.8 cm³/mol. The Morgan fingerprint density at radius 1 is 1.25 bits per heavy atom. The van der Waals surface area contributed by atoms with Crippen LogP contribution >= 0.6 is 0 Å². The van der Waals surface area contributed by atoms with Crippen LogP contribution in [-0.2, 0) is 6.42 Å². The van der Waals surface area contributed by atoms with E-state index in [9.17, 15) is 14.4 Å². The third-order valence-electron chi connectivity index (χ3n) is 4.11. The zero-order chi connectivity index (χ0) is 17.3. The zero-order valence-electron chi connectivity index (χ0n) is 13.5. The largest absolute Gasteiger partial charge is 0.495 e. The molecule has 6 nitrogen and oxygen atoms in total. The normalized spacial score (nSPS) is 16.4. The summed E-state index contributed by atoms with van der Waals surface area (Å²) in [5, 5.41) is 2.65. The van der Waals surface area contributed by atoms with Gasteiger partial charge in [-0.25, -0.2) is 0 Å². The van der Waals surface area contributed by atoms with Crippen LogP contribution in [0, 0.1) is 5.92 Å². The topological polar surface area (TPSA) is 88.3 Å². The van der Waals surface area contributed by atoms with Gasteiger partial charge in [-0.1, -0.05) is 19.1 Å². The number of benzene rings is 1. The standard InChI is InChI=1S/C18H18N2O4/c1-10-7-14-11(15(21)8-10)9-12(18(23)20-14)17(22)19-13-5-3-4-6-16(13)24-2/h3-6,9-10H,7-8H2,1-2H3,(H,19,22)(H,20,23). The molecule has 1 aromatic carbocycles. The summed E-state index contributed by atoms with van der Waals surface area (Å²) in [6.45, 7) is 1.96. The molecule has 1 heterocycles. The average Bonchev–Trinajstić information content (AvgIpc) is 2.54. The molecule has 0 spiro atoms. The number of fused-ring (bicyclic) bond motifs is 1. The number of ether oxygens (including phenoxy) is 1. The molecule has 0 fully saturated rings. The summed E-state index contributed by atoms with van der Waals surface area (Å²) in [5.74, 6) is 0.0559. The number of H-pyrrole nitrogens is 1. The van der Waals surface area contributed by atoms with Crippen LogP contribution in [0.1, 0.15) is 39.8 Å². The van der Waals surface area contributed by atoms with Gasteiger partial charge < -0.3 is 15.0 Å². The van der Waals surface area contributed by atoms with Crippen LogP contribution in [0.2, 0.25) is 0 Å². The number of Topliss-reactive ketones (excluding diaryl/α,β-unsaturated/α-hetero) is 1. The Morgan fingerprint density at radius 3 is 2.75 bits per heavy atom. The number of aromatic amines is 1. The molecule has 1 unspecified atom stereocenters. The number of aromatic nitrogens is 1. The highest BCUT2D eigenvalue weighted by atomic mass is 16.5. The summed E-state index contributed by atoms with van der Waals surface area (Å²) >= 11 is 0. The first-order valence-corrected chi connectivity index (χ1v) is 7.73. The zero-order valence-corrected chi connectivity index (χ0v) is 13.5. The van der Waals surface area contributed by atoms with E-state index in [-0.39, 0.29) is 17.3 Å². The molecule has 0 bridgehead atoms. The maximum atomic E-state index is 12.5. The van der Waals surface area contributed by atoms with E-state index in [0.29, 0.717) is 35.5 Å². The number of hydrogen-bond donors (Lipinski definition) is 2. The minimum Gasteiger partial charge on any atom is -0.495 e. The highest BCUT2D eigenvalue weighted by molar-refractivity contribution is 6.07. The van der Waals surface area contributed by atoms with Gasteiger partial charge in [0.05, 0.1) is 12.8 Å². The van der Waals surface area contributed by atoms with Crippen molar-refractivity contribution in [3.05, 3.63) is 57.5 Å². The third kappa shape index (κ3) is 2.95. The fraction of sp³-hybridized carbons (Fsp3) is 0.278. The molecule has 1 aliphatic carbocycles. The number of rotatable bonds is 3. The van der Waals surface area contributed by atoms with Gasteiger partial charge in [0.15, 0.2) is 5.78 Å². The van der Waals surface area contributed by atoms with Crippen molar-refractivity contribution in [2.24, 2.45) is 5.92 Å². The smallest absolute Gasteiger partial charge is 0.261 e. The number of nitrogens with one attached hydrogen (secondary N) is 2. The maximum Gasteiger partial charge on any atom is 0.261 e. The van der Waals surface area contributed by atoms with Gasteiger partial charge in [-0.15, -0.1) is 0 Å². The molecule has 1 amide bonds. The van der Waals surface area contributed by atoms with Crippen LogP contribution in [0.15, 0.2) is 35.1 Å². The molecular weight excluding hydrogens is 308 g/mol. The Bertz CT molecular complexity index is 870. The van der Waals surface area contributed by atoms with Crippen LogP contribution in [0.4, 0.5) is 5.69 Å². The third-order valence-corrected chi connectivity index (χ3v) is 4.11. The molecule has 1 aromatic heterocycles. The summed E-state index contributed by atoms with van der Waals surface area (Å²) in [5.41, 5.74) is 0.920. The minimum atomic E-state index is -0.574. The second-order valence-corrected chi connectivity index (χ2v) is 6.00. The molecule has 0 radical (unpaired) electrons. The molecule has 2 N–H and O–H groups in total. The number of methoxy groups -OCH3 is 1. The van der Waals surface area contributed by atoms with Gasteiger partial charge in [-0.05, 0) is 30.5 Å². The van der Waals surface area contributed by atoms with E-state index in [0.717, 1.165) is 0 Å². The van der Waals surface area contributed by atoms with Gasteiger partial charge in [0.2, 0.25) is 0 Å². The minimum absolute atomic E-state index is 0.0497. The van der Waals surface area contributed by atoms with Gasteiger partial charge in [0.25, 0.3) is 11.5 Å². The van der Waals surface area contributed by atoms with Crippen molar-refractivity contribution in [3.63, 3.8) is 0 Å². The molecule has 3 rings (SSSR count). The summed E-state index contributed by atoms with van der Waals surface area (Å²) < 4.78 is 5.18. The summed E-state index contributed by atoms with van der Waals surface area (Å²) in [4.78, 5) is 39.5. The number of ketones is 1. The maximum absolute atomic E-state index is 12.5. The van der Waals surface area contributed by atoms with Gasteiger partial charge in [0, 0.05) is 17.7 Å². The fourth-order valence-corrected chi connectivity index (χ4v) is 2.93. The molecule has 0 saturated carbocycles. The van der Waals surface area contributed by atoms with Crippen molar-refractivity contribution in [3.8, 4) is 5.75 Å². The van der Waals surface area contributed by atoms with Crippen LogP contribution in [0.3, 0.4) is 0 Å². The Balaban J connectivity index is 1.95. The highest BCUT2D eigenvalue weighted by Gasteiger charge is 2.25. The van der Waals surface area contributed by atoms with Crippen LogP contribution in [0.25, 0.3) is 0 Å². The molecule has 0 aliphatic heterocycles. The van der Waals surface area contributed by atoms with Gasteiger partial charge in [-0.2, -0.15) is 0 Å². The van der Waals surface area contributed by atoms with E-state index in [1.807, 2.05) is 6.92 Å². The lowest BCUT2D eigenvalue weighted by molar-refractivity contribution is 0.0952. The van der Waals surface area contributed by atoms with E-state index in [1.54, 1.807) is 24.3 Å². The number of carbonyl (C=O) groups is 2. The van der Waals surface area contributed by atoms with E-state index in [4.69, 9.17) is 4.74 Å². The molecule has 2 aromatic rings. The van der Waals surface area contributed by atoms with Crippen molar-refractivity contribution in [2.75, 3.05) is 12.4 Å². The molecule has 1 aliphatic rings. The number of para-hydroxylation sites is 2. The predicted octanol–water partition coefficient (Wildman–Crippen LogP) is 2.40. The Labute approximate surface area is 138 Å². The monoisotopic (exact) mass is 326 g/mol. The average molecular weight is 326 g/mol. The van der Waals surface area contributed by atoms with Gasteiger partial charge >= 0.3 is 0 Å². The Morgan fingerprint density at radius 2 is 2.00 bits per heavy atom. The first-order valence-electron chi connectivity index (χ1n) is 7.73. The first kappa shape index (κ1) is 16.0. The Hall–Kier alpha value is -2.89. The number of amides is 1. The first-order chi connectivity index (χ1) is 11.5. The number of hydrogen-bond acceptors (Lipinski definition) is 4. The fourth-order valence-electron chi connectivity index (χ4n) is 2.93. The number of carbonyl (C=O) groups excluding carboxylic acids is 2. The lowest BCUT2D eigenvalue weighted by Crippen LogP contribution is -2.29. The number of anilines is 1. The van der Waals surface area contributed by atoms with Gasteiger partial charge in [-0.3, -0.25) is 14.4 Å². The lowest BCUT2D eigenvalue weighted by atomic mass is 9.86. The number of pyridine rings is 1. The molecular formula is C18H18N2O4. The molecule has 6 heteroatoms. The second-order valence-electron chi connectivity index (χ2n) is 6.00. The van der Waals surface area contributed by atoms with Crippen LogP contribution < -0.4 is 15.6 Å².